The second kappa shape index (κ2) is 6.81. The summed E-state index contributed by atoms with van der Waals surface area (Å²) in [5, 5.41) is 0. The number of hydrogen-bond donors (Lipinski definition) is 0. The predicted octanol–water partition coefficient (Wildman–Crippen LogP) is 4.65. The Morgan fingerprint density at radius 2 is 1.67 bits per heavy atom. The zero-order valence-corrected chi connectivity index (χ0v) is 12.0. The van der Waals surface area contributed by atoms with Crippen LogP contribution in [0.1, 0.15) is 30.4 Å². The summed E-state index contributed by atoms with van der Waals surface area (Å²) >= 11 is 0. The lowest BCUT2D eigenvalue weighted by atomic mass is 10.1. The molecule has 2 aromatic carbocycles. The average Bonchev–Trinajstić information content (AvgIpc) is 2.55. The molecule has 3 rings (SSSR count). The van der Waals surface area contributed by atoms with Crippen molar-refractivity contribution in [3.63, 3.8) is 0 Å². The highest BCUT2D eigenvalue weighted by molar-refractivity contribution is 5.51. The van der Waals surface area contributed by atoms with Crippen LogP contribution in [-0.2, 0) is 4.74 Å². The molecule has 0 bridgehead atoms. The van der Waals surface area contributed by atoms with Crippen LogP contribution in [0.4, 0.5) is 0 Å². The molecule has 0 aromatic heterocycles. The topological polar surface area (TPSA) is 9.23 Å². The van der Waals surface area contributed by atoms with E-state index in [1.807, 2.05) is 48.5 Å². The Labute approximate surface area is 126 Å². The van der Waals surface area contributed by atoms with Gasteiger partial charge in [0.25, 0.3) is 0 Å². The SMILES string of the molecule is C(#CC1CCC/C(=C\c2ccccc2)O1)c1ccccc1. The van der Waals surface area contributed by atoms with Crippen molar-refractivity contribution >= 4 is 6.08 Å². The van der Waals surface area contributed by atoms with Crippen LogP contribution in [0.5, 0.6) is 0 Å². The minimum Gasteiger partial charge on any atom is -0.482 e. The molecule has 0 aliphatic carbocycles. The van der Waals surface area contributed by atoms with Crippen molar-refractivity contribution < 1.29 is 4.74 Å². The van der Waals surface area contributed by atoms with Gasteiger partial charge in [-0.1, -0.05) is 60.4 Å². The molecule has 1 aliphatic rings. The van der Waals surface area contributed by atoms with E-state index in [1.165, 1.54) is 5.56 Å². The first-order valence-electron chi connectivity index (χ1n) is 7.39. The molecular weight excluding hydrogens is 256 g/mol. The van der Waals surface area contributed by atoms with Crippen LogP contribution >= 0.6 is 0 Å². The Morgan fingerprint density at radius 1 is 0.952 bits per heavy atom. The van der Waals surface area contributed by atoms with Crippen LogP contribution in [0.3, 0.4) is 0 Å². The molecule has 0 radical (unpaired) electrons. The van der Waals surface area contributed by atoms with Crippen molar-refractivity contribution in [2.24, 2.45) is 0 Å². The third-order valence-electron chi connectivity index (χ3n) is 3.46. The van der Waals surface area contributed by atoms with E-state index in [4.69, 9.17) is 4.74 Å². The van der Waals surface area contributed by atoms with Gasteiger partial charge in [0.05, 0.1) is 5.76 Å². The Hall–Kier alpha value is -2.46. The molecule has 2 aromatic rings. The molecule has 0 amide bonds. The van der Waals surface area contributed by atoms with Crippen molar-refractivity contribution in [1.29, 1.82) is 0 Å². The third-order valence-corrected chi connectivity index (χ3v) is 3.46. The maximum atomic E-state index is 6.00. The van der Waals surface area contributed by atoms with Gasteiger partial charge in [-0.05, 0) is 36.6 Å². The molecule has 1 saturated heterocycles. The molecule has 1 nitrogen and oxygen atoms in total. The summed E-state index contributed by atoms with van der Waals surface area (Å²) < 4.78 is 6.00. The zero-order chi connectivity index (χ0) is 14.3. The molecule has 1 fully saturated rings. The van der Waals surface area contributed by atoms with Gasteiger partial charge in [-0.15, -0.1) is 0 Å². The van der Waals surface area contributed by atoms with Gasteiger partial charge in [-0.3, -0.25) is 0 Å². The van der Waals surface area contributed by atoms with Crippen molar-refractivity contribution in [2.75, 3.05) is 0 Å². The standard InChI is InChI=1S/C20H18O/c1-3-8-17(9-4-1)14-15-19-12-7-13-20(21-19)16-18-10-5-2-6-11-18/h1-6,8-11,16,19H,7,12-13H2/b20-16+. The normalized spacial score (nSPS) is 19.4. The highest BCUT2D eigenvalue weighted by atomic mass is 16.5. The first-order chi connectivity index (χ1) is 10.4. The van der Waals surface area contributed by atoms with E-state index in [9.17, 15) is 0 Å². The van der Waals surface area contributed by atoms with Crippen LogP contribution in [-0.4, -0.2) is 6.10 Å². The summed E-state index contributed by atoms with van der Waals surface area (Å²) in [4.78, 5) is 0. The first-order valence-corrected chi connectivity index (χ1v) is 7.39. The highest BCUT2D eigenvalue weighted by Crippen LogP contribution is 2.23. The number of hydrogen-bond acceptors (Lipinski definition) is 1. The van der Waals surface area contributed by atoms with E-state index in [-0.39, 0.29) is 6.10 Å². The zero-order valence-electron chi connectivity index (χ0n) is 12.0. The van der Waals surface area contributed by atoms with Gasteiger partial charge < -0.3 is 4.74 Å². The molecule has 1 heterocycles. The molecule has 104 valence electrons. The van der Waals surface area contributed by atoms with Crippen molar-refractivity contribution in [3.05, 3.63) is 77.5 Å². The van der Waals surface area contributed by atoms with E-state index in [2.05, 4.69) is 30.0 Å². The van der Waals surface area contributed by atoms with Crippen LogP contribution in [0.15, 0.2) is 66.4 Å². The Bertz CT molecular complexity index is 659. The highest BCUT2D eigenvalue weighted by Gasteiger charge is 2.15. The quantitative estimate of drug-likeness (QED) is 0.688. The lowest BCUT2D eigenvalue weighted by Gasteiger charge is -2.22. The van der Waals surface area contributed by atoms with Gasteiger partial charge in [0.1, 0.15) is 0 Å². The molecule has 1 heteroatoms. The Morgan fingerprint density at radius 3 is 2.43 bits per heavy atom. The van der Waals surface area contributed by atoms with Crippen molar-refractivity contribution in [3.8, 4) is 11.8 Å². The minimum absolute atomic E-state index is 0.00826. The van der Waals surface area contributed by atoms with E-state index in [0.29, 0.717) is 0 Å². The van der Waals surface area contributed by atoms with Gasteiger partial charge in [-0.25, -0.2) is 0 Å². The van der Waals surface area contributed by atoms with Gasteiger partial charge >= 0.3 is 0 Å². The molecular formula is C20H18O. The molecule has 0 saturated carbocycles. The van der Waals surface area contributed by atoms with E-state index in [1.54, 1.807) is 0 Å². The minimum atomic E-state index is 0.00826. The first kappa shape index (κ1) is 13.5. The second-order valence-corrected chi connectivity index (χ2v) is 5.16. The van der Waals surface area contributed by atoms with E-state index < -0.39 is 0 Å². The fourth-order valence-electron chi connectivity index (χ4n) is 2.39. The van der Waals surface area contributed by atoms with Gasteiger partial charge in [0.2, 0.25) is 0 Å². The van der Waals surface area contributed by atoms with Crippen LogP contribution in [0.25, 0.3) is 6.08 Å². The smallest absolute Gasteiger partial charge is 0.159 e. The molecule has 0 N–H and O–H groups in total. The monoisotopic (exact) mass is 274 g/mol. The number of rotatable bonds is 1. The second-order valence-electron chi connectivity index (χ2n) is 5.16. The maximum Gasteiger partial charge on any atom is 0.159 e. The van der Waals surface area contributed by atoms with E-state index >= 15 is 0 Å². The number of benzene rings is 2. The maximum absolute atomic E-state index is 6.00. The van der Waals surface area contributed by atoms with Crippen molar-refractivity contribution in [2.45, 2.75) is 25.4 Å². The largest absolute Gasteiger partial charge is 0.482 e. The fourth-order valence-corrected chi connectivity index (χ4v) is 2.39. The number of ether oxygens (including phenoxy) is 1. The summed E-state index contributed by atoms with van der Waals surface area (Å²) in [6.45, 7) is 0. The number of allylic oxidation sites excluding steroid dienone is 1. The van der Waals surface area contributed by atoms with Crippen LogP contribution in [0.2, 0.25) is 0 Å². The Kier molecular flexibility index (Phi) is 4.39. The molecule has 21 heavy (non-hydrogen) atoms. The van der Waals surface area contributed by atoms with Crippen molar-refractivity contribution in [1.82, 2.24) is 0 Å². The summed E-state index contributed by atoms with van der Waals surface area (Å²) in [5.41, 5.74) is 2.23. The van der Waals surface area contributed by atoms with Crippen LogP contribution in [0, 0.1) is 11.8 Å². The van der Waals surface area contributed by atoms with Gasteiger partial charge in [0, 0.05) is 12.0 Å². The van der Waals surface area contributed by atoms with E-state index in [0.717, 1.165) is 30.6 Å². The summed E-state index contributed by atoms with van der Waals surface area (Å²) in [5.74, 6) is 7.48. The molecule has 0 spiro atoms. The fraction of sp³-hybridized carbons (Fsp3) is 0.200. The summed E-state index contributed by atoms with van der Waals surface area (Å²) in [7, 11) is 0. The Balaban J connectivity index is 1.69. The lowest BCUT2D eigenvalue weighted by Crippen LogP contribution is -2.15. The predicted molar refractivity (Wildman–Crippen MR) is 86.5 cm³/mol. The summed E-state index contributed by atoms with van der Waals surface area (Å²) in [6, 6.07) is 20.4. The summed E-state index contributed by atoms with van der Waals surface area (Å²) in [6.07, 6.45) is 5.27. The lowest BCUT2D eigenvalue weighted by molar-refractivity contribution is 0.119. The van der Waals surface area contributed by atoms with Gasteiger partial charge in [-0.2, -0.15) is 0 Å². The van der Waals surface area contributed by atoms with Gasteiger partial charge in [0.15, 0.2) is 6.10 Å². The third kappa shape index (κ3) is 4.00. The molecule has 1 unspecified atom stereocenters. The molecule has 1 aliphatic heterocycles. The average molecular weight is 274 g/mol. The van der Waals surface area contributed by atoms with Crippen LogP contribution < -0.4 is 0 Å². The molecule has 1 atom stereocenters.